The zero-order chi connectivity index (χ0) is 15.0. The van der Waals surface area contributed by atoms with Gasteiger partial charge in [0.15, 0.2) is 5.16 Å². The number of aromatic amines is 1. The fourth-order valence-corrected chi connectivity index (χ4v) is 3.18. The largest absolute Gasteiger partial charge is 0.478 e. The first kappa shape index (κ1) is 13.6. The number of aryl methyl sites for hydroxylation is 2. The molecule has 0 fully saturated rings. The van der Waals surface area contributed by atoms with Crippen molar-refractivity contribution in [2.24, 2.45) is 0 Å². The molecule has 2 heterocycles. The average molecular weight is 304 g/mol. The molecule has 0 atom stereocenters. The summed E-state index contributed by atoms with van der Waals surface area (Å²) >= 11 is 0.998. The van der Waals surface area contributed by atoms with Crippen molar-refractivity contribution in [2.45, 2.75) is 29.4 Å². The van der Waals surface area contributed by atoms with Gasteiger partial charge in [0.2, 0.25) is 0 Å². The number of pyridine rings is 1. The Labute approximate surface area is 123 Å². The van der Waals surface area contributed by atoms with Crippen LogP contribution in [0.15, 0.2) is 27.1 Å². The molecule has 21 heavy (non-hydrogen) atoms. The maximum absolute atomic E-state index is 11.4. The van der Waals surface area contributed by atoms with Gasteiger partial charge in [-0.3, -0.25) is 4.79 Å². The molecule has 0 aliphatic heterocycles. The van der Waals surface area contributed by atoms with Crippen molar-refractivity contribution in [3.05, 3.63) is 39.3 Å². The number of carboxylic acids is 1. The van der Waals surface area contributed by atoms with E-state index in [1.807, 2.05) is 0 Å². The molecular weight excluding hydrogens is 292 g/mol. The summed E-state index contributed by atoms with van der Waals surface area (Å²) in [5, 5.41) is 9.86. The molecule has 0 aromatic carbocycles. The molecule has 2 aromatic rings. The summed E-state index contributed by atoms with van der Waals surface area (Å²) in [4.78, 5) is 33.7. The van der Waals surface area contributed by atoms with Crippen molar-refractivity contribution in [3.8, 4) is 0 Å². The lowest BCUT2D eigenvalue weighted by atomic mass is 10.1. The lowest BCUT2D eigenvalue weighted by molar-refractivity contribution is 0.0692. The number of carbonyl (C=O) groups is 1. The van der Waals surface area contributed by atoms with Gasteiger partial charge in [0.25, 0.3) is 5.56 Å². The third kappa shape index (κ3) is 2.75. The number of H-pyrrole nitrogens is 1. The first-order valence-electron chi connectivity index (χ1n) is 6.34. The lowest BCUT2D eigenvalue weighted by Gasteiger charge is -2.08. The van der Waals surface area contributed by atoms with E-state index < -0.39 is 5.97 Å². The Morgan fingerprint density at radius 2 is 2.14 bits per heavy atom. The number of nitrogens with one attached hydrogen (secondary N) is 1. The van der Waals surface area contributed by atoms with Crippen LogP contribution in [-0.2, 0) is 12.8 Å². The molecule has 8 heteroatoms. The SMILES string of the molecule is Nc1cc(=O)[nH]c(Sc2nc3c(cc2C(=O)O)CCC3)n1. The zero-order valence-corrected chi connectivity index (χ0v) is 11.7. The second kappa shape index (κ2) is 5.21. The van der Waals surface area contributed by atoms with E-state index in [-0.39, 0.29) is 22.1 Å². The van der Waals surface area contributed by atoms with Crippen molar-refractivity contribution < 1.29 is 9.90 Å². The summed E-state index contributed by atoms with van der Waals surface area (Å²) in [6.07, 6.45) is 2.66. The molecule has 0 amide bonds. The predicted octanol–water partition coefficient (Wildman–Crippen LogP) is 1.09. The van der Waals surface area contributed by atoms with Crippen LogP contribution in [0.25, 0.3) is 0 Å². The van der Waals surface area contributed by atoms with Gasteiger partial charge in [0, 0.05) is 11.8 Å². The van der Waals surface area contributed by atoms with Gasteiger partial charge < -0.3 is 15.8 Å². The molecule has 0 saturated carbocycles. The van der Waals surface area contributed by atoms with Gasteiger partial charge in [-0.15, -0.1) is 0 Å². The van der Waals surface area contributed by atoms with Crippen molar-refractivity contribution in [3.63, 3.8) is 0 Å². The molecule has 4 N–H and O–H groups in total. The molecule has 0 bridgehead atoms. The molecule has 0 saturated heterocycles. The number of aromatic carboxylic acids is 1. The molecule has 3 rings (SSSR count). The highest BCUT2D eigenvalue weighted by molar-refractivity contribution is 7.99. The Kier molecular flexibility index (Phi) is 3.38. The minimum absolute atomic E-state index is 0.0827. The fraction of sp³-hybridized carbons (Fsp3) is 0.231. The maximum Gasteiger partial charge on any atom is 0.338 e. The Bertz CT molecular complexity index is 787. The normalized spacial score (nSPS) is 13.1. The number of hydrogen-bond acceptors (Lipinski definition) is 6. The van der Waals surface area contributed by atoms with Gasteiger partial charge >= 0.3 is 5.97 Å². The molecule has 0 radical (unpaired) electrons. The van der Waals surface area contributed by atoms with Gasteiger partial charge in [-0.25, -0.2) is 14.8 Å². The topological polar surface area (TPSA) is 122 Å². The molecule has 0 unspecified atom stereocenters. The van der Waals surface area contributed by atoms with Gasteiger partial charge in [-0.2, -0.15) is 0 Å². The number of carboxylic acid groups (broad SMARTS) is 1. The van der Waals surface area contributed by atoms with E-state index in [4.69, 9.17) is 5.73 Å². The summed E-state index contributed by atoms with van der Waals surface area (Å²) in [7, 11) is 0. The van der Waals surface area contributed by atoms with Crippen LogP contribution in [0.3, 0.4) is 0 Å². The van der Waals surface area contributed by atoms with E-state index in [1.165, 1.54) is 0 Å². The highest BCUT2D eigenvalue weighted by atomic mass is 32.2. The van der Waals surface area contributed by atoms with E-state index in [9.17, 15) is 14.7 Å². The molecule has 1 aliphatic carbocycles. The Balaban J connectivity index is 2.05. The van der Waals surface area contributed by atoms with Crippen LogP contribution >= 0.6 is 11.8 Å². The first-order valence-corrected chi connectivity index (χ1v) is 7.15. The summed E-state index contributed by atoms with van der Waals surface area (Å²) in [5.41, 5.74) is 7.14. The van der Waals surface area contributed by atoms with Crippen LogP contribution in [-0.4, -0.2) is 26.0 Å². The molecule has 0 spiro atoms. The van der Waals surface area contributed by atoms with Gasteiger partial charge in [-0.1, -0.05) is 0 Å². The van der Waals surface area contributed by atoms with Gasteiger partial charge in [0.1, 0.15) is 10.8 Å². The third-order valence-corrected chi connectivity index (χ3v) is 4.07. The number of hydrogen-bond donors (Lipinski definition) is 3. The van der Waals surface area contributed by atoms with E-state index >= 15 is 0 Å². The number of nitrogens with zero attached hydrogens (tertiary/aromatic N) is 2. The van der Waals surface area contributed by atoms with E-state index in [1.54, 1.807) is 6.07 Å². The van der Waals surface area contributed by atoms with Crippen LogP contribution < -0.4 is 11.3 Å². The van der Waals surface area contributed by atoms with Crippen LogP contribution in [0.2, 0.25) is 0 Å². The molecule has 1 aliphatic rings. The summed E-state index contributed by atoms with van der Waals surface area (Å²) in [6, 6.07) is 2.82. The number of fused-ring (bicyclic) bond motifs is 1. The molecular formula is C13H12N4O3S. The summed E-state index contributed by atoms with van der Waals surface area (Å²) < 4.78 is 0. The number of anilines is 1. The maximum atomic E-state index is 11.4. The lowest BCUT2D eigenvalue weighted by Crippen LogP contribution is -2.10. The smallest absolute Gasteiger partial charge is 0.338 e. The molecule has 108 valence electrons. The minimum atomic E-state index is -1.05. The Morgan fingerprint density at radius 1 is 1.33 bits per heavy atom. The number of nitrogens with two attached hydrogens (primary N) is 1. The van der Waals surface area contributed by atoms with Crippen LogP contribution in [0.4, 0.5) is 5.82 Å². The second-order valence-electron chi connectivity index (χ2n) is 4.68. The monoisotopic (exact) mass is 304 g/mol. The zero-order valence-electron chi connectivity index (χ0n) is 10.9. The standard InChI is InChI=1S/C13H12N4O3S/c14-9-5-10(18)17-13(16-9)21-11-7(12(19)20)4-6-2-1-3-8(6)15-11/h4-5H,1-3H2,(H,19,20)(H3,14,16,17,18). The average Bonchev–Trinajstić information content (AvgIpc) is 2.83. The molecule has 2 aromatic heterocycles. The Morgan fingerprint density at radius 3 is 2.86 bits per heavy atom. The van der Waals surface area contributed by atoms with Crippen LogP contribution in [0.1, 0.15) is 28.0 Å². The second-order valence-corrected chi connectivity index (χ2v) is 5.66. The van der Waals surface area contributed by atoms with Crippen LogP contribution in [0.5, 0.6) is 0 Å². The van der Waals surface area contributed by atoms with Crippen LogP contribution in [0, 0.1) is 0 Å². The highest BCUT2D eigenvalue weighted by Gasteiger charge is 2.21. The van der Waals surface area contributed by atoms with E-state index in [2.05, 4.69) is 15.0 Å². The van der Waals surface area contributed by atoms with E-state index in [0.29, 0.717) is 5.03 Å². The Hall–Kier alpha value is -2.35. The first-order chi connectivity index (χ1) is 10.0. The minimum Gasteiger partial charge on any atom is -0.478 e. The molecule has 7 nitrogen and oxygen atoms in total. The third-order valence-electron chi connectivity index (χ3n) is 3.18. The highest BCUT2D eigenvalue weighted by Crippen LogP contribution is 2.30. The summed E-state index contributed by atoms with van der Waals surface area (Å²) in [6.45, 7) is 0. The number of aromatic nitrogens is 3. The van der Waals surface area contributed by atoms with Crippen molar-refractivity contribution >= 4 is 23.5 Å². The number of rotatable bonds is 3. The van der Waals surface area contributed by atoms with E-state index in [0.717, 1.165) is 48.3 Å². The fourth-order valence-electron chi connectivity index (χ4n) is 2.28. The van der Waals surface area contributed by atoms with Crippen molar-refractivity contribution in [2.75, 3.05) is 5.73 Å². The quantitative estimate of drug-likeness (QED) is 0.725. The van der Waals surface area contributed by atoms with Gasteiger partial charge in [0.05, 0.1) is 5.56 Å². The van der Waals surface area contributed by atoms with Gasteiger partial charge in [-0.05, 0) is 42.7 Å². The van der Waals surface area contributed by atoms with Crippen molar-refractivity contribution in [1.29, 1.82) is 0 Å². The predicted molar refractivity (Wildman–Crippen MR) is 76.6 cm³/mol. The summed E-state index contributed by atoms with van der Waals surface area (Å²) in [5.74, 6) is -0.967. The van der Waals surface area contributed by atoms with Crippen molar-refractivity contribution in [1.82, 2.24) is 15.0 Å². The number of nitrogen functional groups attached to an aromatic ring is 1.